The average Bonchev–Trinajstić information content (AvgIpc) is 2.63. The van der Waals surface area contributed by atoms with Gasteiger partial charge in [0.1, 0.15) is 0 Å². The molecule has 4 heteroatoms. The molecular weight excluding hydrogens is 198 g/mol. The summed E-state index contributed by atoms with van der Waals surface area (Å²) >= 11 is 1.72. The molecule has 0 fully saturated rings. The Morgan fingerprint density at radius 3 is 3.07 bits per heavy atom. The lowest BCUT2D eigenvalue weighted by molar-refractivity contribution is -0.131. The fraction of sp³-hybridized carbons (Fsp3) is 0.300. The number of nitrogens with zero attached hydrogens (tertiary/aromatic N) is 1. The van der Waals surface area contributed by atoms with E-state index in [0.717, 1.165) is 19.0 Å². The van der Waals surface area contributed by atoms with E-state index in [2.05, 4.69) is 6.07 Å². The van der Waals surface area contributed by atoms with Crippen molar-refractivity contribution in [2.24, 2.45) is 0 Å². The van der Waals surface area contributed by atoms with Crippen molar-refractivity contribution in [3.05, 3.63) is 34.7 Å². The summed E-state index contributed by atoms with van der Waals surface area (Å²) in [7, 11) is 1.87. The van der Waals surface area contributed by atoms with Crippen LogP contribution in [0.5, 0.6) is 0 Å². The molecule has 0 aromatic carbocycles. The highest BCUT2D eigenvalue weighted by atomic mass is 32.1. The molecule has 0 aliphatic heterocycles. The van der Waals surface area contributed by atoms with Gasteiger partial charge in [-0.2, -0.15) is 0 Å². The van der Waals surface area contributed by atoms with E-state index in [4.69, 9.17) is 5.11 Å². The van der Waals surface area contributed by atoms with Crippen molar-refractivity contribution >= 4 is 17.3 Å². The standard InChI is InChI=1S/C10H13NO2S/c1-11(7-5-10(12)13)6-4-9-3-2-8-14-9/h2-3,5,7-8H,4,6H2,1H3,(H,12,13). The molecule has 0 amide bonds. The Labute approximate surface area is 87.3 Å². The van der Waals surface area contributed by atoms with Crippen LogP contribution in [-0.2, 0) is 11.2 Å². The van der Waals surface area contributed by atoms with Crippen LogP contribution < -0.4 is 0 Å². The molecule has 1 N–H and O–H groups in total. The fourth-order valence-electron chi connectivity index (χ4n) is 1.01. The van der Waals surface area contributed by atoms with Crippen molar-refractivity contribution in [1.29, 1.82) is 0 Å². The van der Waals surface area contributed by atoms with Crippen LogP contribution in [0.2, 0.25) is 0 Å². The summed E-state index contributed by atoms with van der Waals surface area (Å²) in [5, 5.41) is 10.4. The second-order valence-electron chi connectivity index (χ2n) is 2.96. The van der Waals surface area contributed by atoms with Gasteiger partial charge in [0.05, 0.1) is 0 Å². The molecule has 1 heterocycles. The van der Waals surface area contributed by atoms with Gasteiger partial charge in [-0.1, -0.05) is 6.07 Å². The number of hydrogen-bond donors (Lipinski definition) is 1. The number of hydrogen-bond acceptors (Lipinski definition) is 3. The van der Waals surface area contributed by atoms with Gasteiger partial charge < -0.3 is 10.0 Å². The molecule has 0 aliphatic carbocycles. The van der Waals surface area contributed by atoms with Gasteiger partial charge in [0, 0.05) is 30.7 Å². The van der Waals surface area contributed by atoms with Gasteiger partial charge in [-0.15, -0.1) is 11.3 Å². The summed E-state index contributed by atoms with van der Waals surface area (Å²) in [6.45, 7) is 0.838. The largest absolute Gasteiger partial charge is 0.478 e. The Kier molecular flexibility index (Phi) is 4.19. The molecule has 1 aromatic heterocycles. The van der Waals surface area contributed by atoms with Crippen molar-refractivity contribution in [1.82, 2.24) is 4.90 Å². The van der Waals surface area contributed by atoms with Crippen molar-refractivity contribution in [2.45, 2.75) is 6.42 Å². The number of rotatable bonds is 5. The van der Waals surface area contributed by atoms with Crippen LogP contribution in [0.4, 0.5) is 0 Å². The Bertz CT molecular complexity index is 306. The number of carboxylic acids is 1. The number of carbonyl (C=O) groups is 1. The van der Waals surface area contributed by atoms with Gasteiger partial charge in [0.2, 0.25) is 0 Å². The van der Waals surface area contributed by atoms with Crippen LogP contribution in [0, 0.1) is 0 Å². The Morgan fingerprint density at radius 1 is 1.71 bits per heavy atom. The van der Waals surface area contributed by atoms with Crippen LogP contribution in [0.25, 0.3) is 0 Å². The topological polar surface area (TPSA) is 40.5 Å². The number of carboxylic acid groups (broad SMARTS) is 1. The lowest BCUT2D eigenvalue weighted by Crippen LogP contribution is -2.14. The average molecular weight is 211 g/mol. The van der Waals surface area contributed by atoms with Gasteiger partial charge in [-0.3, -0.25) is 0 Å². The molecule has 0 saturated carbocycles. The quantitative estimate of drug-likeness (QED) is 0.755. The number of thiophene rings is 1. The Balaban J connectivity index is 2.28. The van der Waals surface area contributed by atoms with Crippen molar-refractivity contribution in [2.75, 3.05) is 13.6 Å². The first-order chi connectivity index (χ1) is 6.68. The van der Waals surface area contributed by atoms with Crippen LogP contribution in [0.3, 0.4) is 0 Å². The van der Waals surface area contributed by atoms with Gasteiger partial charge in [-0.05, 0) is 17.9 Å². The fourth-order valence-corrected chi connectivity index (χ4v) is 1.71. The van der Waals surface area contributed by atoms with Gasteiger partial charge >= 0.3 is 5.97 Å². The van der Waals surface area contributed by atoms with Gasteiger partial charge in [-0.25, -0.2) is 4.79 Å². The second-order valence-corrected chi connectivity index (χ2v) is 4.00. The Hall–Kier alpha value is -1.29. The minimum absolute atomic E-state index is 0.838. The molecule has 0 unspecified atom stereocenters. The van der Waals surface area contributed by atoms with Crippen molar-refractivity contribution < 1.29 is 9.90 Å². The molecule has 0 radical (unpaired) electrons. The third-order valence-corrected chi connectivity index (χ3v) is 2.70. The molecule has 76 valence electrons. The van der Waals surface area contributed by atoms with E-state index in [1.807, 2.05) is 23.4 Å². The van der Waals surface area contributed by atoms with E-state index in [0.29, 0.717) is 0 Å². The van der Waals surface area contributed by atoms with Gasteiger partial charge in [0.15, 0.2) is 0 Å². The highest BCUT2D eigenvalue weighted by Crippen LogP contribution is 2.09. The summed E-state index contributed by atoms with van der Waals surface area (Å²) in [5.41, 5.74) is 0. The number of aliphatic carboxylic acids is 1. The number of likely N-dealkylation sites (N-methyl/N-ethyl adjacent to an activating group) is 1. The van der Waals surface area contributed by atoms with E-state index < -0.39 is 5.97 Å². The lowest BCUT2D eigenvalue weighted by atomic mass is 10.3. The molecule has 0 aliphatic rings. The van der Waals surface area contributed by atoms with E-state index in [1.54, 1.807) is 17.5 Å². The van der Waals surface area contributed by atoms with Crippen molar-refractivity contribution in [3.63, 3.8) is 0 Å². The first kappa shape index (κ1) is 10.8. The third-order valence-electron chi connectivity index (χ3n) is 1.76. The molecule has 0 atom stereocenters. The summed E-state index contributed by atoms with van der Waals surface area (Å²) in [6, 6.07) is 4.10. The summed E-state index contributed by atoms with van der Waals surface area (Å²) < 4.78 is 0. The molecule has 0 spiro atoms. The second kappa shape index (κ2) is 5.44. The first-order valence-electron chi connectivity index (χ1n) is 4.32. The van der Waals surface area contributed by atoms with Crippen LogP contribution in [-0.4, -0.2) is 29.6 Å². The minimum atomic E-state index is -0.909. The third kappa shape index (κ3) is 4.09. The highest BCUT2D eigenvalue weighted by Gasteiger charge is 1.96. The molecule has 1 aromatic rings. The zero-order valence-electron chi connectivity index (χ0n) is 8.01. The summed E-state index contributed by atoms with van der Waals surface area (Å²) in [6.07, 6.45) is 3.68. The van der Waals surface area contributed by atoms with Gasteiger partial charge in [0.25, 0.3) is 0 Å². The molecule has 3 nitrogen and oxygen atoms in total. The minimum Gasteiger partial charge on any atom is -0.478 e. The van der Waals surface area contributed by atoms with E-state index in [1.165, 1.54) is 4.88 Å². The predicted molar refractivity (Wildman–Crippen MR) is 57.4 cm³/mol. The van der Waals surface area contributed by atoms with E-state index in [-0.39, 0.29) is 0 Å². The zero-order chi connectivity index (χ0) is 10.4. The van der Waals surface area contributed by atoms with E-state index >= 15 is 0 Å². The summed E-state index contributed by atoms with van der Waals surface area (Å²) in [4.78, 5) is 13.4. The SMILES string of the molecule is CN(C=CC(=O)O)CCc1cccs1. The van der Waals surface area contributed by atoms with Crippen LogP contribution in [0.15, 0.2) is 29.8 Å². The molecule has 14 heavy (non-hydrogen) atoms. The molecule has 0 bridgehead atoms. The molecule has 0 saturated heterocycles. The highest BCUT2D eigenvalue weighted by molar-refractivity contribution is 7.09. The van der Waals surface area contributed by atoms with Crippen molar-refractivity contribution in [3.8, 4) is 0 Å². The Morgan fingerprint density at radius 2 is 2.50 bits per heavy atom. The summed E-state index contributed by atoms with van der Waals surface area (Å²) in [5.74, 6) is -0.909. The zero-order valence-corrected chi connectivity index (χ0v) is 8.83. The predicted octanol–water partition coefficient (Wildman–Crippen LogP) is 1.82. The maximum Gasteiger partial charge on any atom is 0.329 e. The normalized spacial score (nSPS) is 10.6. The first-order valence-corrected chi connectivity index (χ1v) is 5.20. The molecular formula is C10H13NO2S. The van der Waals surface area contributed by atoms with Crippen LogP contribution >= 0.6 is 11.3 Å². The monoisotopic (exact) mass is 211 g/mol. The van der Waals surface area contributed by atoms with E-state index in [9.17, 15) is 4.79 Å². The lowest BCUT2D eigenvalue weighted by Gasteiger charge is -2.11. The maximum absolute atomic E-state index is 10.2. The smallest absolute Gasteiger partial charge is 0.329 e. The maximum atomic E-state index is 10.2. The molecule has 1 rings (SSSR count). The van der Waals surface area contributed by atoms with Crippen LogP contribution in [0.1, 0.15) is 4.88 Å².